The molecular weight excluding hydrogens is 348 g/mol. The van der Waals surface area contributed by atoms with E-state index in [0.717, 1.165) is 8.42 Å². The molecule has 0 atom stereocenters. The zero-order valence-electron chi connectivity index (χ0n) is 12.2. The Hall–Kier alpha value is -1.01. The molecule has 5 heteroatoms. The molecule has 2 aromatic carbocycles. The van der Waals surface area contributed by atoms with E-state index in [4.69, 9.17) is 0 Å². The molecule has 3 rings (SSSR count). The van der Waals surface area contributed by atoms with Gasteiger partial charge in [-0.1, -0.05) is 81.6 Å². The fraction of sp³-hybridized carbons (Fsp3) is 0.118. The number of hydrogen-bond donors (Lipinski definition) is 0. The third-order valence-electron chi connectivity index (χ3n) is 2.98. The molecule has 0 bridgehead atoms. The predicted octanol–water partition coefficient (Wildman–Crippen LogP) is 6.09. The first kappa shape index (κ1) is 15.9. The minimum atomic E-state index is 0.157. The lowest BCUT2D eigenvalue weighted by molar-refractivity contribution is 1.35. The highest BCUT2D eigenvalue weighted by atomic mass is 32.2. The van der Waals surface area contributed by atoms with Gasteiger partial charge < -0.3 is 0 Å². The van der Waals surface area contributed by atoms with E-state index in [1.54, 1.807) is 23.5 Å². The summed E-state index contributed by atoms with van der Waals surface area (Å²) in [6.45, 7) is 4.16. The molecule has 0 N–H and O–H groups in total. The molecule has 0 aliphatic carbocycles. The van der Waals surface area contributed by atoms with Gasteiger partial charge in [-0.05, 0) is 38.1 Å². The maximum Gasteiger partial charge on any atom is 0.289 e. The van der Waals surface area contributed by atoms with Crippen LogP contribution >= 0.6 is 46.2 Å². The Morgan fingerprint density at radius 1 is 0.682 bits per heavy atom. The van der Waals surface area contributed by atoms with Crippen LogP contribution in [-0.2, 0) is 0 Å². The largest absolute Gasteiger partial charge is 0.289 e. The van der Waals surface area contributed by atoms with Gasteiger partial charge in [0.15, 0.2) is 0 Å². The molecular formula is C17H14OS4. The van der Waals surface area contributed by atoms with Crippen LogP contribution in [0.1, 0.15) is 11.1 Å². The summed E-state index contributed by atoms with van der Waals surface area (Å²) in [7, 11) is 0. The molecule has 0 saturated carbocycles. The first-order valence-electron chi connectivity index (χ1n) is 6.73. The zero-order chi connectivity index (χ0) is 15.5. The van der Waals surface area contributed by atoms with Gasteiger partial charge in [0.2, 0.25) is 0 Å². The van der Waals surface area contributed by atoms with Crippen molar-refractivity contribution in [2.45, 2.75) is 32.1 Å². The van der Waals surface area contributed by atoms with E-state index in [1.807, 2.05) is 0 Å². The predicted molar refractivity (Wildman–Crippen MR) is 99.1 cm³/mol. The maximum atomic E-state index is 11.8. The van der Waals surface area contributed by atoms with Crippen LogP contribution in [-0.4, -0.2) is 0 Å². The van der Waals surface area contributed by atoms with Gasteiger partial charge >= 0.3 is 0 Å². The van der Waals surface area contributed by atoms with E-state index in [2.05, 4.69) is 62.4 Å². The lowest BCUT2D eigenvalue weighted by atomic mass is 10.2. The Balaban J connectivity index is 1.84. The molecule has 0 unspecified atom stereocenters. The van der Waals surface area contributed by atoms with Gasteiger partial charge in [-0.3, -0.25) is 4.79 Å². The Morgan fingerprint density at radius 2 is 1.05 bits per heavy atom. The summed E-state index contributed by atoms with van der Waals surface area (Å²) < 4.78 is 2.33. The van der Waals surface area contributed by atoms with Crippen molar-refractivity contribution in [3.8, 4) is 0 Å². The van der Waals surface area contributed by atoms with Crippen molar-refractivity contribution in [2.24, 2.45) is 0 Å². The van der Waals surface area contributed by atoms with Gasteiger partial charge in [0.25, 0.3) is 4.06 Å². The quantitative estimate of drug-likeness (QED) is 0.559. The molecule has 1 heterocycles. The summed E-state index contributed by atoms with van der Waals surface area (Å²) in [6, 6.07) is 16.8. The highest BCUT2D eigenvalue weighted by molar-refractivity contribution is 8.05. The van der Waals surface area contributed by atoms with Crippen molar-refractivity contribution in [1.29, 1.82) is 0 Å². The van der Waals surface area contributed by atoms with Crippen molar-refractivity contribution in [2.75, 3.05) is 0 Å². The van der Waals surface area contributed by atoms with E-state index in [-0.39, 0.29) is 4.06 Å². The number of hydrogen-bond acceptors (Lipinski definition) is 5. The average Bonchev–Trinajstić information content (AvgIpc) is 2.83. The van der Waals surface area contributed by atoms with Crippen LogP contribution in [0.2, 0.25) is 0 Å². The lowest BCUT2D eigenvalue weighted by Gasteiger charge is -2.03. The zero-order valence-corrected chi connectivity index (χ0v) is 15.4. The average molecular weight is 363 g/mol. The molecule has 0 fully saturated rings. The topological polar surface area (TPSA) is 17.1 Å². The van der Waals surface area contributed by atoms with Gasteiger partial charge in [0.05, 0.1) is 8.42 Å². The maximum absolute atomic E-state index is 11.8. The Morgan fingerprint density at radius 3 is 1.41 bits per heavy atom. The van der Waals surface area contributed by atoms with Gasteiger partial charge in [-0.2, -0.15) is 0 Å². The summed E-state index contributed by atoms with van der Waals surface area (Å²) in [4.78, 5) is 14.2. The van der Waals surface area contributed by atoms with Crippen LogP contribution in [0.5, 0.6) is 0 Å². The van der Waals surface area contributed by atoms with Crippen molar-refractivity contribution in [3.63, 3.8) is 0 Å². The molecule has 0 aliphatic rings. The SMILES string of the molecule is Cc1ccc(Sc2sc(=O)sc2Sc2ccc(C)cc2)cc1. The standard InChI is InChI=1S/C17H14OS4/c1-11-3-7-13(8-4-11)19-15-16(22-17(18)21-15)20-14-9-5-12(2)6-10-14/h3-10H,1-2H3. The van der Waals surface area contributed by atoms with E-state index in [9.17, 15) is 4.79 Å². The van der Waals surface area contributed by atoms with Gasteiger partial charge in [-0.25, -0.2) is 0 Å². The summed E-state index contributed by atoms with van der Waals surface area (Å²) in [5.74, 6) is 0. The van der Waals surface area contributed by atoms with Crippen LogP contribution in [0.15, 0.2) is 71.5 Å². The highest BCUT2D eigenvalue weighted by Gasteiger charge is 2.12. The first-order chi connectivity index (χ1) is 10.6. The normalized spacial score (nSPS) is 10.8. The summed E-state index contributed by atoms with van der Waals surface area (Å²) in [5.41, 5.74) is 2.49. The van der Waals surface area contributed by atoms with Gasteiger partial charge in [0.1, 0.15) is 0 Å². The lowest BCUT2D eigenvalue weighted by Crippen LogP contribution is -1.75. The monoisotopic (exact) mass is 362 g/mol. The van der Waals surface area contributed by atoms with E-state index < -0.39 is 0 Å². The van der Waals surface area contributed by atoms with Crippen LogP contribution < -0.4 is 4.06 Å². The molecule has 0 saturated heterocycles. The molecule has 3 aromatic rings. The second kappa shape index (κ2) is 7.04. The molecule has 0 radical (unpaired) electrons. The third-order valence-corrected chi connectivity index (χ3v) is 7.91. The second-order valence-electron chi connectivity index (χ2n) is 4.86. The van der Waals surface area contributed by atoms with Crippen molar-refractivity contribution >= 4 is 46.2 Å². The van der Waals surface area contributed by atoms with Gasteiger partial charge in [-0.15, -0.1) is 0 Å². The summed E-state index contributed by atoms with van der Waals surface area (Å²) in [5, 5.41) is 0. The fourth-order valence-corrected chi connectivity index (χ4v) is 6.76. The van der Waals surface area contributed by atoms with Crippen molar-refractivity contribution in [1.82, 2.24) is 0 Å². The molecule has 0 aliphatic heterocycles. The van der Waals surface area contributed by atoms with Crippen LogP contribution in [0, 0.1) is 13.8 Å². The Kier molecular flexibility index (Phi) is 5.08. The molecule has 22 heavy (non-hydrogen) atoms. The molecule has 0 spiro atoms. The highest BCUT2D eigenvalue weighted by Crippen LogP contribution is 2.42. The number of benzene rings is 2. The van der Waals surface area contributed by atoms with E-state index in [0.29, 0.717) is 0 Å². The minimum absolute atomic E-state index is 0.157. The number of aryl methyl sites for hydroxylation is 2. The first-order valence-corrected chi connectivity index (χ1v) is 10.00. The van der Waals surface area contributed by atoms with E-state index >= 15 is 0 Å². The minimum Gasteiger partial charge on any atom is -0.265 e. The summed E-state index contributed by atoms with van der Waals surface area (Å²) >= 11 is 6.03. The smallest absolute Gasteiger partial charge is 0.265 e. The van der Waals surface area contributed by atoms with Gasteiger partial charge in [0, 0.05) is 9.79 Å². The Labute approximate surface area is 146 Å². The molecule has 1 aromatic heterocycles. The van der Waals surface area contributed by atoms with Crippen LogP contribution in [0.4, 0.5) is 0 Å². The molecule has 0 amide bonds. The molecule has 1 nitrogen and oxygen atoms in total. The molecule has 112 valence electrons. The van der Waals surface area contributed by atoms with Crippen molar-refractivity contribution in [3.05, 3.63) is 68.5 Å². The summed E-state index contributed by atoms with van der Waals surface area (Å²) in [6.07, 6.45) is 0. The van der Waals surface area contributed by atoms with Crippen LogP contribution in [0.25, 0.3) is 0 Å². The fourth-order valence-electron chi connectivity index (χ4n) is 1.81. The van der Waals surface area contributed by atoms with Crippen molar-refractivity contribution < 1.29 is 0 Å². The second-order valence-corrected chi connectivity index (χ2v) is 9.77. The van der Waals surface area contributed by atoms with Crippen LogP contribution in [0.3, 0.4) is 0 Å². The third kappa shape index (κ3) is 4.04. The Bertz CT molecular complexity index is 745. The number of rotatable bonds is 4. The van der Waals surface area contributed by atoms with E-state index in [1.165, 1.54) is 43.6 Å².